The SMILES string of the molecule is COc1cc(-c2noc(CSc3nc4cc(Cl)ccc4o3)n2)ccc1OC(F)F. The van der Waals surface area contributed by atoms with Gasteiger partial charge in [0.1, 0.15) is 5.52 Å². The van der Waals surface area contributed by atoms with Crippen molar-refractivity contribution < 1.29 is 27.2 Å². The highest BCUT2D eigenvalue weighted by atomic mass is 35.5. The summed E-state index contributed by atoms with van der Waals surface area (Å²) in [5.74, 6) is 1.01. The molecule has 0 saturated carbocycles. The molecule has 4 rings (SSSR count). The van der Waals surface area contributed by atoms with Crippen molar-refractivity contribution in [1.82, 2.24) is 15.1 Å². The molecule has 0 saturated heterocycles. The quantitative estimate of drug-likeness (QED) is 0.352. The van der Waals surface area contributed by atoms with Crippen molar-refractivity contribution in [2.45, 2.75) is 17.6 Å². The third-order valence-corrected chi connectivity index (χ3v) is 4.80. The molecule has 29 heavy (non-hydrogen) atoms. The van der Waals surface area contributed by atoms with Crippen LogP contribution in [0.1, 0.15) is 5.89 Å². The Kier molecular flexibility index (Phi) is 5.54. The summed E-state index contributed by atoms with van der Waals surface area (Å²) in [6.07, 6.45) is 0. The molecule has 2 aromatic heterocycles. The Morgan fingerprint density at radius 3 is 2.79 bits per heavy atom. The number of ether oxygens (including phenoxy) is 2. The lowest BCUT2D eigenvalue weighted by Gasteiger charge is -2.10. The predicted octanol–water partition coefficient (Wildman–Crippen LogP) is 5.43. The first-order valence-electron chi connectivity index (χ1n) is 8.16. The van der Waals surface area contributed by atoms with Crippen LogP contribution in [0, 0.1) is 0 Å². The molecule has 0 N–H and O–H groups in total. The molecule has 0 amide bonds. The van der Waals surface area contributed by atoms with E-state index >= 15 is 0 Å². The monoisotopic (exact) mass is 439 g/mol. The van der Waals surface area contributed by atoms with Gasteiger partial charge in [-0.1, -0.05) is 28.5 Å². The van der Waals surface area contributed by atoms with E-state index in [1.54, 1.807) is 18.2 Å². The van der Waals surface area contributed by atoms with Crippen LogP contribution in [0.3, 0.4) is 0 Å². The summed E-state index contributed by atoms with van der Waals surface area (Å²) < 4.78 is 45.2. The average Bonchev–Trinajstić information content (AvgIpc) is 3.32. The molecule has 0 bridgehead atoms. The Bertz CT molecular complexity index is 1150. The zero-order chi connectivity index (χ0) is 20.4. The smallest absolute Gasteiger partial charge is 0.387 e. The highest BCUT2D eigenvalue weighted by molar-refractivity contribution is 7.98. The van der Waals surface area contributed by atoms with Crippen molar-refractivity contribution in [2.75, 3.05) is 7.11 Å². The Morgan fingerprint density at radius 2 is 2.00 bits per heavy atom. The molecule has 0 aliphatic rings. The van der Waals surface area contributed by atoms with Gasteiger partial charge in [-0.05, 0) is 36.4 Å². The molecule has 0 spiro atoms. The molecule has 0 fully saturated rings. The summed E-state index contributed by atoms with van der Waals surface area (Å²) >= 11 is 7.23. The Morgan fingerprint density at radius 1 is 1.14 bits per heavy atom. The standard InChI is InChI=1S/C18H12ClF2N3O4S/c1-25-14-6-9(2-4-13(14)26-17(20)21)16-23-15(28-24-16)8-29-18-22-11-7-10(19)3-5-12(11)27-18/h2-7,17H,8H2,1H3. The number of hydrogen-bond acceptors (Lipinski definition) is 8. The Balaban J connectivity index is 1.47. The van der Waals surface area contributed by atoms with Crippen molar-refractivity contribution >= 4 is 34.5 Å². The average molecular weight is 440 g/mol. The third-order valence-electron chi connectivity index (χ3n) is 3.76. The largest absolute Gasteiger partial charge is 0.493 e. The molecule has 0 unspecified atom stereocenters. The molecule has 4 aromatic rings. The molecule has 0 atom stereocenters. The highest BCUT2D eigenvalue weighted by Gasteiger charge is 2.16. The number of methoxy groups -OCH3 is 1. The topological polar surface area (TPSA) is 83.4 Å². The van der Waals surface area contributed by atoms with Gasteiger partial charge in [0.25, 0.3) is 5.22 Å². The molecule has 11 heteroatoms. The van der Waals surface area contributed by atoms with Gasteiger partial charge < -0.3 is 18.4 Å². The minimum Gasteiger partial charge on any atom is -0.493 e. The third kappa shape index (κ3) is 4.43. The molecule has 0 aliphatic carbocycles. The van der Waals surface area contributed by atoms with E-state index in [2.05, 4.69) is 19.9 Å². The van der Waals surface area contributed by atoms with E-state index in [9.17, 15) is 8.78 Å². The first-order valence-corrected chi connectivity index (χ1v) is 9.53. The molecule has 2 aromatic carbocycles. The van der Waals surface area contributed by atoms with Crippen LogP contribution >= 0.6 is 23.4 Å². The summed E-state index contributed by atoms with van der Waals surface area (Å²) in [7, 11) is 1.35. The predicted molar refractivity (Wildman–Crippen MR) is 101 cm³/mol. The zero-order valence-electron chi connectivity index (χ0n) is 14.8. The van der Waals surface area contributed by atoms with Gasteiger partial charge in [-0.3, -0.25) is 0 Å². The van der Waals surface area contributed by atoms with Crippen LogP contribution in [0.25, 0.3) is 22.5 Å². The van der Waals surface area contributed by atoms with Gasteiger partial charge in [0.15, 0.2) is 17.1 Å². The normalized spacial score (nSPS) is 11.3. The van der Waals surface area contributed by atoms with Gasteiger partial charge in [0.2, 0.25) is 11.7 Å². The maximum Gasteiger partial charge on any atom is 0.387 e. The number of hydrogen-bond donors (Lipinski definition) is 0. The molecule has 0 radical (unpaired) electrons. The van der Waals surface area contributed by atoms with Gasteiger partial charge in [0.05, 0.1) is 12.9 Å². The number of rotatable bonds is 7. The molecule has 7 nitrogen and oxygen atoms in total. The summed E-state index contributed by atoms with van der Waals surface area (Å²) in [6.45, 7) is -2.95. The number of alkyl halides is 2. The number of aromatic nitrogens is 3. The fraction of sp³-hybridized carbons (Fsp3) is 0.167. The van der Waals surface area contributed by atoms with Gasteiger partial charge in [-0.15, -0.1) is 0 Å². The van der Waals surface area contributed by atoms with Crippen molar-refractivity contribution in [3.63, 3.8) is 0 Å². The lowest BCUT2D eigenvalue weighted by atomic mass is 10.2. The first kappa shape index (κ1) is 19.5. The van der Waals surface area contributed by atoms with Crippen molar-refractivity contribution in [2.24, 2.45) is 0 Å². The van der Waals surface area contributed by atoms with Crippen LogP contribution < -0.4 is 9.47 Å². The molecular formula is C18H12ClF2N3O4S. The summed E-state index contributed by atoms with van der Waals surface area (Å²) in [5, 5.41) is 4.92. The Labute approximate surface area is 172 Å². The molecule has 0 aliphatic heterocycles. The van der Waals surface area contributed by atoms with Gasteiger partial charge in [0, 0.05) is 10.6 Å². The van der Waals surface area contributed by atoms with Gasteiger partial charge >= 0.3 is 6.61 Å². The first-order chi connectivity index (χ1) is 14.0. The number of thioether (sulfide) groups is 1. The van der Waals surface area contributed by atoms with Crippen LogP contribution in [0.4, 0.5) is 8.78 Å². The minimum atomic E-state index is -2.95. The summed E-state index contributed by atoms with van der Waals surface area (Å²) in [5.41, 5.74) is 1.81. The number of nitrogens with zero attached hydrogens (tertiary/aromatic N) is 3. The van der Waals surface area contributed by atoms with Crippen LogP contribution in [0.2, 0.25) is 5.02 Å². The van der Waals surface area contributed by atoms with E-state index < -0.39 is 6.61 Å². The maximum absolute atomic E-state index is 12.4. The second-order valence-corrected chi connectivity index (χ2v) is 7.00. The number of benzene rings is 2. The second kappa shape index (κ2) is 8.26. The van der Waals surface area contributed by atoms with E-state index in [1.807, 2.05) is 0 Å². The van der Waals surface area contributed by atoms with Crippen molar-refractivity contribution in [3.8, 4) is 22.9 Å². The van der Waals surface area contributed by atoms with Crippen molar-refractivity contribution in [1.29, 1.82) is 0 Å². The van der Waals surface area contributed by atoms with E-state index in [-0.39, 0.29) is 17.3 Å². The fourth-order valence-corrected chi connectivity index (χ4v) is 3.34. The lowest BCUT2D eigenvalue weighted by Crippen LogP contribution is -2.03. The number of fused-ring (bicyclic) bond motifs is 1. The van der Waals surface area contributed by atoms with Crippen LogP contribution in [-0.4, -0.2) is 28.8 Å². The van der Waals surface area contributed by atoms with E-state index in [4.69, 9.17) is 25.3 Å². The molecule has 150 valence electrons. The number of halogens is 3. The highest BCUT2D eigenvalue weighted by Crippen LogP contribution is 2.33. The van der Waals surface area contributed by atoms with Crippen LogP contribution in [-0.2, 0) is 5.75 Å². The van der Waals surface area contributed by atoms with E-state index in [0.717, 1.165) is 0 Å². The zero-order valence-corrected chi connectivity index (χ0v) is 16.3. The van der Waals surface area contributed by atoms with Crippen LogP contribution in [0.5, 0.6) is 11.5 Å². The number of oxazole rings is 1. The summed E-state index contributed by atoms with van der Waals surface area (Å²) in [4.78, 5) is 8.64. The van der Waals surface area contributed by atoms with Crippen molar-refractivity contribution in [3.05, 3.63) is 47.3 Å². The molecular weight excluding hydrogens is 428 g/mol. The van der Waals surface area contributed by atoms with Gasteiger partial charge in [-0.25, -0.2) is 4.98 Å². The van der Waals surface area contributed by atoms with Gasteiger partial charge in [-0.2, -0.15) is 13.8 Å². The minimum absolute atomic E-state index is 0.0819. The van der Waals surface area contributed by atoms with E-state index in [1.165, 1.54) is 37.1 Å². The van der Waals surface area contributed by atoms with E-state index in [0.29, 0.717) is 38.6 Å². The van der Waals surface area contributed by atoms with Crippen LogP contribution in [0.15, 0.2) is 50.6 Å². The Hall–Kier alpha value is -2.85. The summed E-state index contributed by atoms with van der Waals surface area (Å²) in [6, 6.07) is 9.56. The fourth-order valence-electron chi connectivity index (χ4n) is 2.50. The maximum atomic E-state index is 12.4. The molecule has 2 heterocycles. The lowest BCUT2D eigenvalue weighted by molar-refractivity contribution is -0.0512. The second-order valence-electron chi connectivity index (χ2n) is 5.64.